The number of fused-ring (bicyclic) bond motifs is 5. The van der Waals surface area contributed by atoms with E-state index in [9.17, 15) is 19.5 Å². The molecule has 9 nitrogen and oxygen atoms in total. The molecule has 4 heterocycles. The van der Waals surface area contributed by atoms with Crippen LogP contribution in [0.5, 0.6) is 11.5 Å². The molecule has 0 radical (unpaired) electrons. The van der Waals surface area contributed by atoms with E-state index in [0.717, 1.165) is 0 Å². The molecule has 10 heteroatoms. The molecule has 170 valence electrons. The number of carbonyl (C=O) groups excluding carboxylic acids is 3. The first kappa shape index (κ1) is 20.5. The van der Waals surface area contributed by atoms with Gasteiger partial charge in [0.2, 0.25) is 24.5 Å². The van der Waals surface area contributed by atoms with Gasteiger partial charge in [-0.25, -0.2) is 0 Å². The van der Waals surface area contributed by atoms with E-state index in [1.54, 1.807) is 36.4 Å². The number of aliphatic hydroxyl groups excluding tert-OH is 1. The van der Waals surface area contributed by atoms with Crippen molar-refractivity contribution in [2.24, 2.45) is 11.8 Å². The van der Waals surface area contributed by atoms with Gasteiger partial charge in [0.05, 0.1) is 24.5 Å². The van der Waals surface area contributed by atoms with Crippen molar-refractivity contribution >= 4 is 35.0 Å². The standard InChI is InChI=1S/C23H20ClN3O6/c1-10(28)19-17-18(23(26-19)13-7-12(24)3-4-14(13)25-22(23)31)21(30)27(20(17)29)8-11-2-5-15-16(6-11)33-9-32-15/h2-7,10,17-19,26,28H,8-9H2,1H3,(H,25,31)/t10-,17-,18+,19-,23+/m1/s1. The summed E-state index contributed by atoms with van der Waals surface area (Å²) in [4.78, 5) is 41.7. The third-order valence-electron chi connectivity index (χ3n) is 7.00. The van der Waals surface area contributed by atoms with Crippen LogP contribution in [-0.4, -0.2) is 46.7 Å². The molecule has 0 aromatic heterocycles. The molecular weight excluding hydrogens is 450 g/mol. The summed E-state index contributed by atoms with van der Waals surface area (Å²) >= 11 is 6.22. The summed E-state index contributed by atoms with van der Waals surface area (Å²) < 4.78 is 10.7. The van der Waals surface area contributed by atoms with Gasteiger partial charge in [-0.1, -0.05) is 17.7 Å². The third kappa shape index (κ3) is 2.70. The number of imide groups is 1. The Labute approximate surface area is 193 Å². The molecule has 0 saturated carbocycles. The second kappa shape index (κ2) is 6.93. The van der Waals surface area contributed by atoms with Gasteiger partial charge >= 0.3 is 0 Å². The van der Waals surface area contributed by atoms with Crippen LogP contribution in [0.3, 0.4) is 0 Å². The predicted molar refractivity (Wildman–Crippen MR) is 115 cm³/mol. The van der Waals surface area contributed by atoms with Crippen LogP contribution in [0.15, 0.2) is 36.4 Å². The lowest BCUT2D eigenvalue weighted by Gasteiger charge is -2.30. The van der Waals surface area contributed by atoms with Crippen molar-refractivity contribution in [2.75, 3.05) is 12.1 Å². The first-order valence-corrected chi connectivity index (χ1v) is 11.0. The molecule has 0 aliphatic carbocycles. The summed E-state index contributed by atoms with van der Waals surface area (Å²) in [5.41, 5.74) is 0.222. The number of hydrogen-bond acceptors (Lipinski definition) is 7. The fourth-order valence-electron chi connectivity index (χ4n) is 5.56. The van der Waals surface area contributed by atoms with Gasteiger partial charge in [-0.05, 0) is 42.8 Å². The van der Waals surface area contributed by atoms with Gasteiger partial charge in [-0.15, -0.1) is 0 Å². The van der Waals surface area contributed by atoms with E-state index >= 15 is 0 Å². The molecule has 5 atom stereocenters. The number of benzene rings is 2. The van der Waals surface area contributed by atoms with Gasteiger partial charge in [0.1, 0.15) is 5.54 Å². The van der Waals surface area contributed by atoms with Gasteiger partial charge in [-0.2, -0.15) is 0 Å². The topological polar surface area (TPSA) is 117 Å². The van der Waals surface area contributed by atoms with Gasteiger partial charge in [0.15, 0.2) is 11.5 Å². The van der Waals surface area contributed by atoms with E-state index in [4.69, 9.17) is 21.1 Å². The zero-order chi connectivity index (χ0) is 23.1. The van der Waals surface area contributed by atoms with E-state index in [1.807, 2.05) is 0 Å². The average Bonchev–Trinajstić information content (AvgIpc) is 3.51. The van der Waals surface area contributed by atoms with E-state index in [-0.39, 0.29) is 13.3 Å². The highest BCUT2D eigenvalue weighted by Gasteiger charge is 2.71. The Bertz CT molecular complexity index is 1230. The van der Waals surface area contributed by atoms with Crippen LogP contribution in [0, 0.1) is 11.8 Å². The second-order valence-corrected chi connectivity index (χ2v) is 9.25. The zero-order valence-corrected chi connectivity index (χ0v) is 18.3. The third-order valence-corrected chi connectivity index (χ3v) is 7.24. The van der Waals surface area contributed by atoms with Crippen LogP contribution in [0.4, 0.5) is 5.69 Å². The monoisotopic (exact) mass is 469 g/mol. The Kier molecular flexibility index (Phi) is 4.30. The summed E-state index contributed by atoms with van der Waals surface area (Å²) in [5, 5.41) is 16.8. The number of halogens is 1. The largest absolute Gasteiger partial charge is 0.454 e. The normalized spacial score (nSPS) is 30.1. The Morgan fingerprint density at radius 2 is 1.94 bits per heavy atom. The lowest BCUT2D eigenvalue weighted by Crippen LogP contribution is -2.54. The van der Waals surface area contributed by atoms with E-state index < -0.39 is 47.2 Å². The van der Waals surface area contributed by atoms with Crippen molar-refractivity contribution in [3.05, 3.63) is 52.5 Å². The fraction of sp³-hybridized carbons (Fsp3) is 0.348. The number of amides is 3. The molecule has 2 fully saturated rings. The number of nitrogens with one attached hydrogen (secondary N) is 2. The Hall–Kier alpha value is -3.14. The van der Waals surface area contributed by atoms with Crippen molar-refractivity contribution in [3.63, 3.8) is 0 Å². The highest BCUT2D eigenvalue weighted by atomic mass is 35.5. The van der Waals surface area contributed by atoms with Gasteiger partial charge < -0.3 is 19.9 Å². The molecule has 2 aromatic rings. The first-order chi connectivity index (χ1) is 15.8. The molecule has 1 spiro atoms. The zero-order valence-electron chi connectivity index (χ0n) is 17.5. The molecule has 3 amide bonds. The molecular formula is C23H20ClN3O6. The molecule has 0 bridgehead atoms. The number of carbonyl (C=O) groups is 3. The van der Waals surface area contributed by atoms with Crippen LogP contribution in [0.25, 0.3) is 0 Å². The van der Waals surface area contributed by atoms with Crippen LogP contribution >= 0.6 is 11.6 Å². The maximum absolute atomic E-state index is 13.7. The Balaban J connectivity index is 1.42. The fourth-order valence-corrected chi connectivity index (χ4v) is 5.73. The number of likely N-dealkylation sites (tertiary alicyclic amines) is 1. The maximum atomic E-state index is 13.7. The molecule has 4 aliphatic heterocycles. The van der Waals surface area contributed by atoms with Gasteiger partial charge in [0, 0.05) is 22.3 Å². The molecule has 2 saturated heterocycles. The molecule has 0 unspecified atom stereocenters. The van der Waals surface area contributed by atoms with Crippen LogP contribution < -0.4 is 20.1 Å². The van der Waals surface area contributed by atoms with E-state index in [2.05, 4.69) is 10.6 Å². The van der Waals surface area contributed by atoms with E-state index in [0.29, 0.717) is 33.3 Å². The minimum Gasteiger partial charge on any atom is -0.454 e. The van der Waals surface area contributed by atoms with Crippen molar-refractivity contribution in [3.8, 4) is 11.5 Å². The smallest absolute Gasteiger partial charge is 0.250 e. The van der Waals surface area contributed by atoms with Gasteiger partial charge in [-0.3, -0.25) is 24.6 Å². The highest BCUT2D eigenvalue weighted by Crippen LogP contribution is 2.54. The number of aliphatic hydroxyl groups is 1. The number of rotatable bonds is 3. The lowest BCUT2D eigenvalue weighted by atomic mass is 9.76. The van der Waals surface area contributed by atoms with Crippen molar-refractivity contribution in [1.82, 2.24) is 10.2 Å². The molecule has 6 rings (SSSR count). The SMILES string of the molecule is C[C@@H](O)[C@H]1N[C@]2(C(=O)Nc3ccc(Cl)cc32)[C@@H]2C(=O)N(Cc3ccc4c(c3)OCO4)C(=O)[C@@H]12. The molecule has 2 aromatic carbocycles. The number of ether oxygens (including phenoxy) is 2. The van der Waals surface area contributed by atoms with Crippen molar-refractivity contribution in [2.45, 2.75) is 31.2 Å². The summed E-state index contributed by atoms with van der Waals surface area (Å²) in [6.45, 7) is 1.68. The van der Waals surface area contributed by atoms with E-state index in [1.165, 1.54) is 11.8 Å². The minimum absolute atomic E-state index is 0.0218. The maximum Gasteiger partial charge on any atom is 0.250 e. The highest BCUT2D eigenvalue weighted by molar-refractivity contribution is 6.31. The van der Waals surface area contributed by atoms with Crippen LogP contribution in [-0.2, 0) is 26.5 Å². The van der Waals surface area contributed by atoms with Crippen LogP contribution in [0.2, 0.25) is 5.02 Å². The first-order valence-electron chi connectivity index (χ1n) is 10.6. The molecule has 4 aliphatic rings. The molecule has 3 N–H and O–H groups in total. The Morgan fingerprint density at radius 3 is 2.73 bits per heavy atom. The summed E-state index contributed by atoms with van der Waals surface area (Å²) in [6.07, 6.45) is -0.977. The number of anilines is 1. The lowest BCUT2D eigenvalue weighted by molar-refractivity contribution is -0.143. The summed E-state index contributed by atoms with van der Waals surface area (Å²) in [5.74, 6) is -2.11. The average molecular weight is 470 g/mol. The molecule has 33 heavy (non-hydrogen) atoms. The minimum atomic E-state index is -1.50. The van der Waals surface area contributed by atoms with Crippen molar-refractivity contribution in [1.29, 1.82) is 0 Å². The van der Waals surface area contributed by atoms with Crippen LogP contribution in [0.1, 0.15) is 18.1 Å². The predicted octanol–water partition coefficient (Wildman–Crippen LogP) is 1.37. The number of nitrogens with zero attached hydrogens (tertiary/aromatic N) is 1. The summed E-state index contributed by atoms with van der Waals surface area (Å²) in [6, 6.07) is 9.38. The van der Waals surface area contributed by atoms with Gasteiger partial charge in [0.25, 0.3) is 0 Å². The van der Waals surface area contributed by atoms with Crippen molar-refractivity contribution < 1.29 is 29.0 Å². The number of hydrogen-bond donors (Lipinski definition) is 3. The summed E-state index contributed by atoms with van der Waals surface area (Å²) in [7, 11) is 0. The Morgan fingerprint density at radius 1 is 1.15 bits per heavy atom. The quantitative estimate of drug-likeness (QED) is 0.581. The second-order valence-electron chi connectivity index (χ2n) is 8.82.